The number of fused-ring (bicyclic) bond motifs is 3. The lowest BCUT2D eigenvalue weighted by atomic mass is 10.0. The van der Waals surface area contributed by atoms with Gasteiger partial charge in [0.1, 0.15) is 5.75 Å². The molecule has 0 fully saturated rings. The largest absolute Gasteiger partial charge is 0.508 e. The Balaban J connectivity index is 1.78. The van der Waals surface area contributed by atoms with Crippen molar-refractivity contribution in [2.75, 3.05) is 0 Å². The summed E-state index contributed by atoms with van der Waals surface area (Å²) >= 11 is 0. The number of benzene rings is 3. The Morgan fingerprint density at radius 3 is 2.17 bits per heavy atom. The molecule has 0 saturated heterocycles. The lowest BCUT2D eigenvalue weighted by molar-refractivity contribution is -0.384. The third kappa shape index (κ3) is 2.74. The van der Waals surface area contributed by atoms with Crippen LogP contribution in [0.15, 0.2) is 72.8 Å². The summed E-state index contributed by atoms with van der Waals surface area (Å²) in [6.07, 6.45) is 0. The van der Waals surface area contributed by atoms with Gasteiger partial charge in [0.2, 0.25) is 0 Å². The number of aromatic hydroxyl groups is 1. The number of hydrogen-bond donors (Lipinski definition) is 1. The molecule has 5 aromatic rings. The first-order valence-electron chi connectivity index (χ1n) is 8.80. The molecule has 1 N–H and O–H groups in total. The van der Waals surface area contributed by atoms with Crippen molar-refractivity contribution in [3.05, 3.63) is 82.9 Å². The van der Waals surface area contributed by atoms with E-state index in [0.717, 1.165) is 22.0 Å². The SMILES string of the molecule is O=[N+]([O-])c1ccc(-c2nnc3c4ccccc4c(-c4ccc(O)cc4)nn23)cc1. The highest BCUT2D eigenvalue weighted by Crippen LogP contribution is 2.31. The van der Waals surface area contributed by atoms with Gasteiger partial charge in [-0.05, 0) is 36.4 Å². The van der Waals surface area contributed by atoms with E-state index in [9.17, 15) is 15.2 Å². The first kappa shape index (κ1) is 16.8. The number of nitro benzene ring substituents is 1. The van der Waals surface area contributed by atoms with Crippen LogP contribution in [0, 0.1) is 10.1 Å². The Bertz CT molecular complexity index is 1380. The molecule has 5 rings (SSSR count). The molecule has 0 saturated carbocycles. The number of nitro groups is 1. The zero-order valence-electron chi connectivity index (χ0n) is 14.9. The van der Waals surface area contributed by atoms with Crippen LogP contribution in [0.25, 0.3) is 39.1 Å². The smallest absolute Gasteiger partial charge is 0.269 e. The molecule has 3 aromatic carbocycles. The van der Waals surface area contributed by atoms with Crippen molar-refractivity contribution in [1.82, 2.24) is 19.8 Å². The maximum Gasteiger partial charge on any atom is 0.269 e. The predicted octanol–water partition coefficient (Wildman–Crippen LogP) is 4.23. The van der Waals surface area contributed by atoms with Gasteiger partial charge in [-0.2, -0.15) is 9.61 Å². The number of rotatable bonds is 3. The molecule has 8 heteroatoms. The van der Waals surface area contributed by atoms with Gasteiger partial charge in [-0.3, -0.25) is 10.1 Å². The van der Waals surface area contributed by atoms with Crippen molar-refractivity contribution in [2.24, 2.45) is 0 Å². The molecule has 0 aliphatic rings. The van der Waals surface area contributed by atoms with Crippen LogP contribution in [0.4, 0.5) is 5.69 Å². The number of phenolic OH excluding ortho intramolecular Hbond substituents is 1. The molecule has 0 aliphatic heterocycles. The van der Waals surface area contributed by atoms with Crippen LogP contribution >= 0.6 is 0 Å². The highest BCUT2D eigenvalue weighted by Gasteiger charge is 2.17. The van der Waals surface area contributed by atoms with Gasteiger partial charge in [-0.1, -0.05) is 24.3 Å². The molecule has 0 atom stereocenters. The Morgan fingerprint density at radius 2 is 1.48 bits per heavy atom. The zero-order chi connectivity index (χ0) is 20.0. The summed E-state index contributed by atoms with van der Waals surface area (Å²) in [5, 5.41) is 35.7. The molecule has 0 bridgehead atoms. The molecular weight excluding hydrogens is 370 g/mol. The normalized spacial score (nSPS) is 11.2. The second-order valence-electron chi connectivity index (χ2n) is 6.50. The van der Waals surface area contributed by atoms with Crippen LogP contribution in [-0.2, 0) is 0 Å². The van der Waals surface area contributed by atoms with Crippen LogP contribution in [0.2, 0.25) is 0 Å². The van der Waals surface area contributed by atoms with Crippen LogP contribution in [0.3, 0.4) is 0 Å². The molecule has 0 aliphatic carbocycles. The van der Waals surface area contributed by atoms with Crippen LogP contribution in [0.5, 0.6) is 5.75 Å². The Morgan fingerprint density at radius 1 is 0.828 bits per heavy atom. The summed E-state index contributed by atoms with van der Waals surface area (Å²) in [5.41, 5.74) is 2.82. The van der Waals surface area contributed by atoms with Crippen LogP contribution in [-0.4, -0.2) is 29.8 Å². The van der Waals surface area contributed by atoms with Gasteiger partial charge < -0.3 is 5.11 Å². The van der Waals surface area contributed by atoms with E-state index in [1.54, 1.807) is 40.9 Å². The van der Waals surface area contributed by atoms with Gasteiger partial charge in [0, 0.05) is 34.0 Å². The van der Waals surface area contributed by atoms with Gasteiger partial charge in [0.05, 0.1) is 10.6 Å². The van der Waals surface area contributed by atoms with Crippen molar-refractivity contribution in [2.45, 2.75) is 0 Å². The van der Waals surface area contributed by atoms with Gasteiger partial charge in [-0.15, -0.1) is 10.2 Å². The maximum atomic E-state index is 10.9. The molecule has 29 heavy (non-hydrogen) atoms. The second kappa shape index (κ2) is 6.38. The average Bonchev–Trinajstić information content (AvgIpc) is 3.18. The summed E-state index contributed by atoms with van der Waals surface area (Å²) in [7, 11) is 0. The third-order valence-corrected chi connectivity index (χ3v) is 4.74. The number of hydrogen-bond acceptors (Lipinski definition) is 6. The molecule has 0 radical (unpaired) electrons. The number of nitrogens with zero attached hydrogens (tertiary/aromatic N) is 5. The first-order valence-corrected chi connectivity index (χ1v) is 8.80. The van der Waals surface area contributed by atoms with Crippen molar-refractivity contribution in [1.29, 1.82) is 0 Å². The van der Waals surface area contributed by atoms with E-state index >= 15 is 0 Å². The minimum Gasteiger partial charge on any atom is -0.508 e. The second-order valence-corrected chi connectivity index (χ2v) is 6.50. The molecule has 0 unspecified atom stereocenters. The van der Waals surface area contributed by atoms with E-state index in [0.29, 0.717) is 17.0 Å². The molecule has 8 nitrogen and oxygen atoms in total. The lowest BCUT2D eigenvalue weighted by Gasteiger charge is -2.09. The van der Waals surface area contributed by atoms with E-state index in [1.165, 1.54) is 12.1 Å². The fourth-order valence-electron chi connectivity index (χ4n) is 3.33. The highest BCUT2D eigenvalue weighted by atomic mass is 16.6. The van der Waals surface area contributed by atoms with Gasteiger partial charge in [0.15, 0.2) is 11.5 Å². The van der Waals surface area contributed by atoms with E-state index in [2.05, 4.69) is 10.2 Å². The fraction of sp³-hybridized carbons (Fsp3) is 0. The molecule has 2 aromatic heterocycles. The number of phenols is 1. The molecule has 0 spiro atoms. The monoisotopic (exact) mass is 383 g/mol. The molecule has 2 heterocycles. The van der Waals surface area contributed by atoms with Gasteiger partial charge in [-0.25, -0.2) is 0 Å². The van der Waals surface area contributed by atoms with Crippen LogP contribution < -0.4 is 0 Å². The van der Waals surface area contributed by atoms with Crippen molar-refractivity contribution in [3.63, 3.8) is 0 Å². The average molecular weight is 383 g/mol. The van der Waals surface area contributed by atoms with Crippen LogP contribution in [0.1, 0.15) is 0 Å². The number of non-ortho nitro benzene ring substituents is 1. The van der Waals surface area contributed by atoms with Gasteiger partial charge in [0.25, 0.3) is 5.69 Å². The minimum absolute atomic E-state index is 0.00534. The standard InChI is InChI=1S/C21H13N5O3/c27-16-11-7-13(8-12-16)19-17-3-1-2-4-18(17)21-23-22-20(25(21)24-19)14-5-9-15(10-6-14)26(28)29/h1-12,27H. The van der Waals surface area contributed by atoms with Crippen molar-refractivity contribution in [3.8, 4) is 28.4 Å². The lowest BCUT2D eigenvalue weighted by Crippen LogP contribution is -1.99. The maximum absolute atomic E-state index is 10.9. The van der Waals surface area contributed by atoms with Crippen molar-refractivity contribution < 1.29 is 10.0 Å². The van der Waals surface area contributed by atoms with E-state index < -0.39 is 4.92 Å². The zero-order valence-corrected chi connectivity index (χ0v) is 14.9. The van der Waals surface area contributed by atoms with Crippen molar-refractivity contribution >= 4 is 22.1 Å². The molecule has 0 amide bonds. The summed E-state index contributed by atoms with van der Waals surface area (Å²) in [6, 6.07) is 20.7. The molecule has 140 valence electrons. The highest BCUT2D eigenvalue weighted by molar-refractivity contribution is 6.01. The Labute approximate surface area is 163 Å². The predicted molar refractivity (Wildman–Crippen MR) is 107 cm³/mol. The Kier molecular flexibility index (Phi) is 3.70. The minimum atomic E-state index is -0.444. The quantitative estimate of drug-likeness (QED) is 0.369. The van der Waals surface area contributed by atoms with E-state index in [4.69, 9.17) is 5.10 Å². The number of aromatic nitrogens is 4. The summed E-state index contributed by atoms with van der Waals surface area (Å²) in [4.78, 5) is 10.5. The van der Waals surface area contributed by atoms with Gasteiger partial charge >= 0.3 is 0 Å². The van der Waals surface area contributed by atoms with E-state index in [1.807, 2.05) is 24.3 Å². The Hall–Kier alpha value is -4.33. The molecular formula is C21H13N5O3. The third-order valence-electron chi connectivity index (χ3n) is 4.74. The fourth-order valence-corrected chi connectivity index (χ4v) is 3.33. The van der Waals surface area contributed by atoms with E-state index in [-0.39, 0.29) is 11.4 Å². The summed E-state index contributed by atoms with van der Waals surface area (Å²) in [6.45, 7) is 0. The first-order chi connectivity index (χ1) is 14.1. The summed E-state index contributed by atoms with van der Waals surface area (Å²) < 4.78 is 1.64. The topological polar surface area (TPSA) is 106 Å². The summed E-state index contributed by atoms with van der Waals surface area (Å²) in [5.74, 6) is 0.663.